The maximum absolute atomic E-state index is 8.99. The number of fused-ring (bicyclic) bond motifs is 1. The minimum absolute atomic E-state index is 0.189. The molecular formula is C10H14N2O. The molecule has 13 heavy (non-hydrogen) atoms. The maximum Gasteiger partial charge on any atom is 0.0587 e. The van der Waals surface area contributed by atoms with Crippen molar-refractivity contribution in [3.8, 4) is 0 Å². The van der Waals surface area contributed by atoms with Crippen LogP contribution in [0.15, 0.2) is 18.2 Å². The number of nitrogens with two attached hydrogens (primary N) is 1. The molecule has 1 heterocycles. The van der Waals surface area contributed by atoms with E-state index in [2.05, 4.69) is 5.32 Å². The molecule has 0 aliphatic carbocycles. The highest BCUT2D eigenvalue weighted by atomic mass is 16.3. The molecule has 2 rings (SSSR count). The van der Waals surface area contributed by atoms with Gasteiger partial charge in [0.05, 0.1) is 6.61 Å². The van der Waals surface area contributed by atoms with Crippen molar-refractivity contribution in [2.75, 3.05) is 12.3 Å². The van der Waals surface area contributed by atoms with Gasteiger partial charge in [-0.05, 0) is 29.7 Å². The van der Waals surface area contributed by atoms with Gasteiger partial charge in [0.15, 0.2) is 0 Å². The van der Waals surface area contributed by atoms with Crippen molar-refractivity contribution in [3.63, 3.8) is 0 Å². The molecule has 1 aromatic carbocycles. The van der Waals surface area contributed by atoms with Gasteiger partial charge in [0.25, 0.3) is 0 Å². The summed E-state index contributed by atoms with van der Waals surface area (Å²) in [5, 5.41) is 12.2. The highest BCUT2D eigenvalue weighted by Gasteiger charge is 2.16. The van der Waals surface area contributed by atoms with E-state index >= 15 is 0 Å². The van der Waals surface area contributed by atoms with Gasteiger partial charge in [-0.1, -0.05) is 6.07 Å². The quantitative estimate of drug-likeness (QED) is 0.541. The summed E-state index contributed by atoms with van der Waals surface area (Å²) in [6.07, 6.45) is 0.872. The molecule has 0 fully saturated rings. The fourth-order valence-electron chi connectivity index (χ4n) is 1.73. The Bertz CT molecular complexity index is 312. The second kappa shape index (κ2) is 3.36. The summed E-state index contributed by atoms with van der Waals surface area (Å²) in [7, 11) is 0. The first kappa shape index (κ1) is 8.53. The van der Waals surface area contributed by atoms with Crippen LogP contribution < -0.4 is 11.1 Å². The lowest BCUT2D eigenvalue weighted by molar-refractivity contribution is 0.236. The number of hydrogen-bond acceptors (Lipinski definition) is 3. The van der Waals surface area contributed by atoms with Gasteiger partial charge < -0.3 is 16.2 Å². The fourth-order valence-corrected chi connectivity index (χ4v) is 1.73. The third kappa shape index (κ3) is 1.66. The lowest BCUT2D eigenvalue weighted by Gasteiger charge is -2.24. The highest BCUT2D eigenvalue weighted by Crippen LogP contribution is 2.19. The Morgan fingerprint density at radius 3 is 3.08 bits per heavy atom. The smallest absolute Gasteiger partial charge is 0.0587 e. The van der Waals surface area contributed by atoms with Crippen LogP contribution in [0.5, 0.6) is 0 Å². The lowest BCUT2D eigenvalue weighted by atomic mass is 9.96. The molecule has 1 aromatic rings. The van der Waals surface area contributed by atoms with Crippen LogP contribution in [0.3, 0.4) is 0 Å². The Morgan fingerprint density at radius 2 is 2.31 bits per heavy atom. The molecule has 3 heteroatoms. The fraction of sp³-hybridized carbons (Fsp3) is 0.400. The zero-order valence-corrected chi connectivity index (χ0v) is 7.46. The van der Waals surface area contributed by atoms with Gasteiger partial charge >= 0.3 is 0 Å². The second-order valence-corrected chi connectivity index (χ2v) is 3.49. The molecule has 3 nitrogen and oxygen atoms in total. The minimum Gasteiger partial charge on any atom is -0.399 e. The van der Waals surface area contributed by atoms with E-state index in [1.54, 1.807) is 0 Å². The van der Waals surface area contributed by atoms with E-state index in [-0.39, 0.29) is 12.6 Å². The van der Waals surface area contributed by atoms with Gasteiger partial charge in [-0.2, -0.15) is 0 Å². The van der Waals surface area contributed by atoms with Crippen molar-refractivity contribution < 1.29 is 5.11 Å². The van der Waals surface area contributed by atoms with Crippen LogP contribution in [-0.4, -0.2) is 17.8 Å². The van der Waals surface area contributed by atoms with Crippen molar-refractivity contribution in [2.24, 2.45) is 0 Å². The van der Waals surface area contributed by atoms with Crippen LogP contribution >= 0.6 is 0 Å². The molecule has 1 aliphatic heterocycles. The van der Waals surface area contributed by atoms with Crippen molar-refractivity contribution >= 4 is 5.69 Å². The van der Waals surface area contributed by atoms with Gasteiger partial charge in [0.2, 0.25) is 0 Å². The summed E-state index contributed by atoms with van der Waals surface area (Å²) in [4.78, 5) is 0. The number of aliphatic hydroxyl groups is 1. The molecule has 0 radical (unpaired) electrons. The molecule has 70 valence electrons. The third-order valence-corrected chi connectivity index (χ3v) is 2.50. The molecule has 0 bridgehead atoms. The van der Waals surface area contributed by atoms with E-state index < -0.39 is 0 Å². The van der Waals surface area contributed by atoms with Crippen LogP contribution in [0.4, 0.5) is 5.69 Å². The Labute approximate surface area is 77.6 Å². The molecule has 0 saturated carbocycles. The number of anilines is 1. The van der Waals surface area contributed by atoms with E-state index in [0.29, 0.717) is 0 Å². The van der Waals surface area contributed by atoms with Crippen LogP contribution in [-0.2, 0) is 13.0 Å². The number of rotatable bonds is 1. The number of hydrogen-bond donors (Lipinski definition) is 3. The maximum atomic E-state index is 8.99. The van der Waals surface area contributed by atoms with Crippen molar-refractivity contribution in [1.82, 2.24) is 5.32 Å². The zero-order chi connectivity index (χ0) is 9.26. The molecule has 1 aliphatic rings. The standard InChI is InChI=1S/C10H14N2O/c11-9-2-1-7-5-12-10(6-13)4-8(7)3-9/h1-3,10,12-13H,4-6,11H2/t10-/m0/s1. The third-order valence-electron chi connectivity index (χ3n) is 2.50. The van der Waals surface area contributed by atoms with Gasteiger partial charge in [0, 0.05) is 18.3 Å². The van der Waals surface area contributed by atoms with Crippen LogP contribution in [0.1, 0.15) is 11.1 Å². The molecule has 0 unspecified atom stereocenters. The van der Waals surface area contributed by atoms with Crippen LogP contribution in [0, 0.1) is 0 Å². The molecule has 0 amide bonds. The summed E-state index contributed by atoms with van der Waals surface area (Å²) in [6, 6.07) is 6.15. The van der Waals surface area contributed by atoms with E-state index in [1.807, 2.05) is 18.2 Å². The number of aliphatic hydroxyl groups excluding tert-OH is 1. The topological polar surface area (TPSA) is 58.3 Å². The summed E-state index contributed by atoms with van der Waals surface area (Å²) in [5.41, 5.74) is 9.04. The molecule has 0 aromatic heterocycles. The Kier molecular flexibility index (Phi) is 2.20. The van der Waals surface area contributed by atoms with E-state index in [1.165, 1.54) is 11.1 Å². The van der Waals surface area contributed by atoms with Gasteiger partial charge in [-0.15, -0.1) is 0 Å². The summed E-state index contributed by atoms with van der Waals surface area (Å²) < 4.78 is 0. The number of benzene rings is 1. The molecule has 0 saturated heterocycles. The second-order valence-electron chi connectivity index (χ2n) is 3.49. The van der Waals surface area contributed by atoms with Crippen molar-refractivity contribution in [1.29, 1.82) is 0 Å². The predicted molar refractivity (Wildman–Crippen MR) is 52.3 cm³/mol. The van der Waals surface area contributed by atoms with Gasteiger partial charge in [-0.25, -0.2) is 0 Å². The number of nitrogens with one attached hydrogen (secondary N) is 1. The van der Waals surface area contributed by atoms with E-state index in [0.717, 1.165) is 18.7 Å². The summed E-state index contributed by atoms with van der Waals surface area (Å²) in [6.45, 7) is 1.02. The van der Waals surface area contributed by atoms with Crippen molar-refractivity contribution in [2.45, 2.75) is 19.0 Å². The highest BCUT2D eigenvalue weighted by molar-refractivity contribution is 5.45. The lowest BCUT2D eigenvalue weighted by Crippen LogP contribution is -2.38. The minimum atomic E-state index is 0.189. The number of nitrogen functional groups attached to an aromatic ring is 1. The van der Waals surface area contributed by atoms with E-state index in [4.69, 9.17) is 10.8 Å². The molecular weight excluding hydrogens is 164 g/mol. The Balaban J connectivity index is 2.27. The van der Waals surface area contributed by atoms with Gasteiger partial charge in [-0.3, -0.25) is 0 Å². The summed E-state index contributed by atoms with van der Waals surface area (Å²) in [5.74, 6) is 0. The Morgan fingerprint density at radius 1 is 1.46 bits per heavy atom. The van der Waals surface area contributed by atoms with Crippen LogP contribution in [0.2, 0.25) is 0 Å². The predicted octanol–water partition coefficient (Wildman–Crippen LogP) is 0.275. The monoisotopic (exact) mass is 178 g/mol. The van der Waals surface area contributed by atoms with Gasteiger partial charge in [0.1, 0.15) is 0 Å². The normalized spacial score (nSPS) is 21.2. The largest absolute Gasteiger partial charge is 0.399 e. The van der Waals surface area contributed by atoms with Crippen molar-refractivity contribution in [3.05, 3.63) is 29.3 Å². The summed E-state index contributed by atoms with van der Waals surface area (Å²) >= 11 is 0. The first-order valence-corrected chi connectivity index (χ1v) is 4.51. The van der Waals surface area contributed by atoms with Crippen LogP contribution in [0.25, 0.3) is 0 Å². The van der Waals surface area contributed by atoms with E-state index in [9.17, 15) is 0 Å². The first-order chi connectivity index (χ1) is 6.29. The average molecular weight is 178 g/mol. The average Bonchev–Trinajstić information content (AvgIpc) is 2.16. The molecule has 1 atom stereocenters. The molecule has 0 spiro atoms. The zero-order valence-electron chi connectivity index (χ0n) is 7.46. The molecule has 4 N–H and O–H groups in total. The SMILES string of the molecule is Nc1ccc2c(c1)C[C@@H](CO)NC2. The Hall–Kier alpha value is -1.06. The first-order valence-electron chi connectivity index (χ1n) is 4.51.